The van der Waals surface area contributed by atoms with Crippen molar-refractivity contribution in [3.05, 3.63) is 64.7 Å². The first-order valence-corrected chi connectivity index (χ1v) is 10.3. The van der Waals surface area contributed by atoms with E-state index in [0.29, 0.717) is 23.6 Å². The first-order valence-electron chi connectivity index (χ1n) is 8.35. The van der Waals surface area contributed by atoms with E-state index in [1.165, 1.54) is 12.1 Å². The van der Waals surface area contributed by atoms with Gasteiger partial charge in [-0.2, -0.15) is 0 Å². The molecule has 0 heterocycles. The van der Waals surface area contributed by atoms with E-state index >= 15 is 0 Å². The molecule has 0 radical (unpaired) electrons. The summed E-state index contributed by atoms with van der Waals surface area (Å²) in [5, 5.41) is 10.9. The number of nitrogens with two attached hydrogens (primary N) is 2. The number of amides is 3. The minimum absolute atomic E-state index is 0.00886. The number of carbonyl (C=O) groups is 2. The quantitative estimate of drug-likeness (QED) is 0.508. The first-order chi connectivity index (χ1) is 13.1. The van der Waals surface area contributed by atoms with Crippen molar-refractivity contribution >= 4 is 33.6 Å². The molecule has 28 heavy (non-hydrogen) atoms. The molecule has 0 bridgehead atoms. The molecule has 6 N–H and O–H groups in total. The van der Waals surface area contributed by atoms with E-state index in [2.05, 4.69) is 10.6 Å². The van der Waals surface area contributed by atoms with Crippen LogP contribution in [0, 0.1) is 0 Å². The van der Waals surface area contributed by atoms with Crippen LogP contribution in [0.4, 0.5) is 4.79 Å². The van der Waals surface area contributed by atoms with Crippen LogP contribution in [0.1, 0.15) is 23.6 Å². The van der Waals surface area contributed by atoms with Gasteiger partial charge in [-0.15, -0.1) is 0 Å². The lowest BCUT2D eigenvalue weighted by molar-refractivity contribution is -0.121. The van der Waals surface area contributed by atoms with Crippen molar-refractivity contribution in [3.8, 4) is 0 Å². The molecule has 0 fully saturated rings. The third-order valence-electron chi connectivity index (χ3n) is 3.97. The van der Waals surface area contributed by atoms with Crippen LogP contribution in [0.15, 0.2) is 53.4 Å². The van der Waals surface area contributed by atoms with Gasteiger partial charge in [0.2, 0.25) is 15.9 Å². The topological polar surface area (TPSA) is 144 Å². The highest BCUT2D eigenvalue weighted by Gasteiger charge is 2.17. The van der Waals surface area contributed by atoms with Crippen molar-refractivity contribution in [2.24, 2.45) is 10.9 Å². The van der Waals surface area contributed by atoms with Crippen molar-refractivity contribution in [1.29, 1.82) is 0 Å². The zero-order valence-corrected chi connectivity index (χ0v) is 16.5. The minimum atomic E-state index is -3.73. The molecular weight excluding hydrogens is 404 g/mol. The summed E-state index contributed by atoms with van der Waals surface area (Å²) < 4.78 is 22.5. The molecule has 0 aliphatic heterocycles. The molecule has 0 spiro atoms. The molecule has 0 unspecified atom stereocenters. The second-order valence-corrected chi connectivity index (χ2v) is 8.10. The third kappa shape index (κ3) is 6.84. The van der Waals surface area contributed by atoms with Gasteiger partial charge < -0.3 is 16.4 Å². The first kappa shape index (κ1) is 21.7. The van der Waals surface area contributed by atoms with Gasteiger partial charge in [0.25, 0.3) is 0 Å². The van der Waals surface area contributed by atoms with Crippen LogP contribution >= 0.6 is 11.6 Å². The van der Waals surface area contributed by atoms with Crippen LogP contribution in [0.5, 0.6) is 0 Å². The average molecular weight is 425 g/mol. The van der Waals surface area contributed by atoms with E-state index in [0.717, 1.165) is 5.56 Å². The Kier molecular flexibility index (Phi) is 7.38. The van der Waals surface area contributed by atoms with Crippen LogP contribution in [-0.4, -0.2) is 26.9 Å². The van der Waals surface area contributed by atoms with Gasteiger partial charge in [-0.3, -0.25) is 4.79 Å². The Morgan fingerprint density at radius 1 is 1.04 bits per heavy atom. The molecule has 0 aliphatic rings. The van der Waals surface area contributed by atoms with E-state index in [1.54, 1.807) is 36.4 Å². The molecule has 1 atom stereocenters. The second kappa shape index (κ2) is 9.54. The summed E-state index contributed by atoms with van der Waals surface area (Å²) in [5.41, 5.74) is 6.75. The van der Waals surface area contributed by atoms with Crippen molar-refractivity contribution in [3.63, 3.8) is 0 Å². The smallest absolute Gasteiger partial charge is 0.312 e. The Bertz CT molecular complexity index is 931. The lowest BCUT2D eigenvalue weighted by Gasteiger charge is -2.18. The van der Waals surface area contributed by atoms with Gasteiger partial charge in [0.1, 0.15) is 0 Å². The summed E-state index contributed by atoms with van der Waals surface area (Å²) in [6.45, 7) is 0.345. The summed E-state index contributed by atoms with van der Waals surface area (Å²) in [6.07, 6.45) is 0.514. The molecule has 3 amide bonds. The number of halogens is 1. The number of hydrogen-bond acceptors (Lipinski definition) is 4. The van der Waals surface area contributed by atoms with E-state index in [4.69, 9.17) is 22.5 Å². The lowest BCUT2D eigenvalue weighted by atomic mass is 10.0. The number of nitrogens with one attached hydrogen (secondary N) is 2. The molecule has 150 valence electrons. The monoisotopic (exact) mass is 424 g/mol. The predicted octanol–water partition coefficient (Wildman–Crippen LogP) is 1.45. The Balaban J connectivity index is 1.90. The van der Waals surface area contributed by atoms with Gasteiger partial charge in [0.15, 0.2) is 0 Å². The second-order valence-electron chi connectivity index (χ2n) is 6.11. The SMILES string of the molecule is NC(=O)N[C@H](CC(=O)NCCc1ccc(S(N)(=O)=O)cc1)c1ccc(Cl)cc1. The molecule has 2 aromatic carbocycles. The molecule has 2 rings (SSSR count). The van der Waals surface area contributed by atoms with E-state index < -0.39 is 22.1 Å². The average Bonchev–Trinajstić information content (AvgIpc) is 2.61. The molecule has 0 aromatic heterocycles. The van der Waals surface area contributed by atoms with Gasteiger partial charge in [0.05, 0.1) is 17.4 Å². The normalized spacial score (nSPS) is 12.2. The molecule has 8 nitrogen and oxygen atoms in total. The third-order valence-corrected chi connectivity index (χ3v) is 5.15. The minimum Gasteiger partial charge on any atom is -0.356 e. The predicted molar refractivity (Wildman–Crippen MR) is 106 cm³/mol. The fourth-order valence-corrected chi connectivity index (χ4v) is 3.21. The molecular formula is C18H21ClN4O4S. The fraction of sp³-hybridized carbons (Fsp3) is 0.222. The van der Waals surface area contributed by atoms with E-state index in [1.807, 2.05) is 0 Å². The van der Waals surface area contributed by atoms with Gasteiger partial charge >= 0.3 is 6.03 Å². The van der Waals surface area contributed by atoms with Crippen molar-refractivity contribution in [2.75, 3.05) is 6.54 Å². The highest BCUT2D eigenvalue weighted by molar-refractivity contribution is 7.89. The van der Waals surface area contributed by atoms with Crippen molar-refractivity contribution < 1.29 is 18.0 Å². The number of sulfonamides is 1. The zero-order chi connectivity index (χ0) is 20.7. The molecule has 0 saturated heterocycles. The number of hydrogen-bond donors (Lipinski definition) is 4. The number of urea groups is 1. The zero-order valence-electron chi connectivity index (χ0n) is 14.9. The Labute approximate surface area is 168 Å². The van der Waals surface area contributed by atoms with Gasteiger partial charge in [-0.1, -0.05) is 35.9 Å². The van der Waals surface area contributed by atoms with E-state index in [-0.39, 0.29) is 17.2 Å². The molecule has 0 aliphatic carbocycles. The highest BCUT2D eigenvalue weighted by atomic mass is 35.5. The van der Waals surface area contributed by atoms with Crippen LogP contribution in [-0.2, 0) is 21.2 Å². The number of rotatable bonds is 8. The summed E-state index contributed by atoms with van der Waals surface area (Å²) >= 11 is 5.86. The molecule has 0 saturated carbocycles. The largest absolute Gasteiger partial charge is 0.356 e. The standard InChI is InChI=1S/C18H21ClN4O4S/c19-14-5-3-13(4-6-14)16(23-18(20)25)11-17(24)22-10-9-12-1-7-15(8-2-12)28(21,26)27/h1-8,16H,9-11H2,(H,22,24)(H3,20,23,25)(H2,21,26,27)/t16-/m1/s1. The maximum atomic E-state index is 12.2. The van der Waals surface area contributed by atoms with E-state index in [9.17, 15) is 18.0 Å². The summed E-state index contributed by atoms with van der Waals surface area (Å²) in [6, 6.07) is 11.5. The van der Waals surface area contributed by atoms with Crippen LogP contribution in [0.25, 0.3) is 0 Å². The van der Waals surface area contributed by atoms with Crippen LogP contribution < -0.4 is 21.5 Å². The summed E-state index contributed by atoms with van der Waals surface area (Å²) in [4.78, 5) is 23.5. The fourth-order valence-electron chi connectivity index (χ4n) is 2.57. The Hall–Kier alpha value is -2.62. The molecule has 10 heteroatoms. The summed E-state index contributed by atoms with van der Waals surface area (Å²) in [7, 11) is -3.73. The number of primary sulfonamides is 1. The maximum absolute atomic E-state index is 12.2. The van der Waals surface area contributed by atoms with Gasteiger partial charge in [-0.25, -0.2) is 18.4 Å². The van der Waals surface area contributed by atoms with Gasteiger partial charge in [-0.05, 0) is 41.8 Å². The maximum Gasteiger partial charge on any atom is 0.312 e. The lowest BCUT2D eigenvalue weighted by Crippen LogP contribution is -2.37. The van der Waals surface area contributed by atoms with Crippen molar-refractivity contribution in [2.45, 2.75) is 23.8 Å². The Morgan fingerprint density at radius 2 is 1.64 bits per heavy atom. The van der Waals surface area contributed by atoms with Crippen molar-refractivity contribution in [1.82, 2.24) is 10.6 Å². The van der Waals surface area contributed by atoms with Crippen LogP contribution in [0.2, 0.25) is 5.02 Å². The number of primary amides is 1. The number of carbonyl (C=O) groups excluding carboxylic acids is 2. The van der Waals surface area contributed by atoms with Crippen LogP contribution in [0.3, 0.4) is 0 Å². The summed E-state index contributed by atoms with van der Waals surface area (Å²) in [5.74, 6) is -0.269. The molecule has 2 aromatic rings. The number of benzene rings is 2. The highest BCUT2D eigenvalue weighted by Crippen LogP contribution is 2.19. The van der Waals surface area contributed by atoms with Gasteiger partial charge in [0, 0.05) is 11.6 Å². The Morgan fingerprint density at radius 3 is 2.18 bits per heavy atom.